The lowest BCUT2D eigenvalue weighted by Gasteiger charge is -2.16. The zero-order chi connectivity index (χ0) is 13.9. The molecule has 0 saturated heterocycles. The van der Waals surface area contributed by atoms with Gasteiger partial charge in [-0.15, -0.1) is 0 Å². The Labute approximate surface area is 117 Å². The third kappa shape index (κ3) is 8.22. The van der Waals surface area contributed by atoms with Gasteiger partial charge in [-0.2, -0.15) is 0 Å². The number of hydrogen-bond donors (Lipinski definition) is 1. The number of unbranched alkanes of at least 4 members (excludes halogenated alkanes) is 4. The minimum absolute atomic E-state index is 0.168. The molecule has 4 heteroatoms. The van der Waals surface area contributed by atoms with Gasteiger partial charge in [0.2, 0.25) is 0 Å². The Bertz CT molecular complexity index is 242. The number of methoxy groups -OCH3 is 1. The van der Waals surface area contributed by atoms with Crippen molar-refractivity contribution in [3.05, 3.63) is 0 Å². The van der Waals surface area contributed by atoms with Crippen molar-refractivity contribution >= 4 is 5.97 Å². The van der Waals surface area contributed by atoms with Crippen molar-refractivity contribution in [2.75, 3.05) is 20.3 Å². The van der Waals surface area contributed by atoms with Crippen LogP contribution < -0.4 is 5.32 Å². The molecular weight excluding hydrogens is 242 g/mol. The van der Waals surface area contributed by atoms with Crippen LogP contribution in [0.5, 0.6) is 0 Å². The maximum absolute atomic E-state index is 11.6. The predicted molar refractivity (Wildman–Crippen MR) is 76.2 cm³/mol. The molecule has 1 aliphatic rings. The van der Waals surface area contributed by atoms with E-state index in [1.54, 1.807) is 0 Å². The van der Waals surface area contributed by atoms with E-state index in [1.807, 2.05) is 0 Å². The molecule has 1 fully saturated rings. The van der Waals surface area contributed by atoms with Crippen LogP contribution in [-0.2, 0) is 14.3 Å². The van der Waals surface area contributed by atoms with Crippen molar-refractivity contribution in [1.29, 1.82) is 0 Å². The maximum atomic E-state index is 11.6. The topological polar surface area (TPSA) is 47.6 Å². The van der Waals surface area contributed by atoms with Crippen LogP contribution in [0, 0.1) is 0 Å². The second kappa shape index (κ2) is 10.2. The van der Waals surface area contributed by atoms with Gasteiger partial charge in [0, 0.05) is 19.3 Å². The molecule has 19 heavy (non-hydrogen) atoms. The number of nitrogens with one attached hydrogen (secondary N) is 1. The molecular formula is C15H29NO3. The minimum Gasteiger partial charge on any atom is -0.468 e. The highest BCUT2D eigenvalue weighted by atomic mass is 16.5. The van der Waals surface area contributed by atoms with E-state index in [0.29, 0.717) is 19.1 Å². The van der Waals surface area contributed by atoms with Crippen LogP contribution in [0.2, 0.25) is 0 Å². The highest BCUT2D eigenvalue weighted by molar-refractivity contribution is 5.75. The lowest BCUT2D eigenvalue weighted by Crippen LogP contribution is -2.39. The van der Waals surface area contributed by atoms with Crippen LogP contribution in [0.1, 0.15) is 58.3 Å². The lowest BCUT2D eigenvalue weighted by atomic mass is 10.2. The number of ether oxygens (including phenoxy) is 2. The van der Waals surface area contributed by atoms with Gasteiger partial charge in [-0.1, -0.05) is 32.6 Å². The van der Waals surface area contributed by atoms with Crippen molar-refractivity contribution in [2.45, 2.75) is 70.4 Å². The van der Waals surface area contributed by atoms with Crippen LogP contribution in [0.25, 0.3) is 0 Å². The number of rotatable bonds is 12. The Kier molecular flexibility index (Phi) is 8.84. The van der Waals surface area contributed by atoms with Gasteiger partial charge in [-0.05, 0) is 25.7 Å². The Hall–Kier alpha value is -0.610. The summed E-state index contributed by atoms with van der Waals surface area (Å²) in [5, 5.41) is 3.31. The number of carbonyl (C=O) groups is 1. The van der Waals surface area contributed by atoms with E-state index in [9.17, 15) is 4.79 Å². The van der Waals surface area contributed by atoms with Gasteiger partial charge >= 0.3 is 5.97 Å². The molecule has 0 amide bonds. The second-order valence-corrected chi connectivity index (χ2v) is 5.33. The van der Waals surface area contributed by atoms with Gasteiger partial charge in [-0.25, -0.2) is 0 Å². The molecule has 112 valence electrons. The maximum Gasteiger partial charge on any atom is 0.322 e. The van der Waals surface area contributed by atoms with Gasteiger partial charge in [-0.3, -0.25) is 4.79 Å². The van der Waals surface area contributed by atoms with Crippen molar-refractivity contribution < 1.29 is 14.3 Å². The highest BCUT2D eigenvalue weighted by Gasteiger charge is 2.28. The average Bonchev–Trinajstić information content (AvgIpc) is 3.23. The van der Waals surface area contributed by atoms with Gasteiger partial charge < -0.3 is 14.8 Å². The van der Waals surface area contributed by atoms with Crippen molar-refractivity contribution in [3.8, 4) is 0 Å². The van der Waals surface area contributed by atoms with E-state index in [1.165, 1.54) is 45.6 Å². The second-order valence-electron chi connectivity index (χ2n) is 5.33. The van der Waals surface area contributed by atoms with E-state index in [2.05, 4.69) is 12.2 Å². The molecule has 1 aliphatic carbocycles. The molecule has 1 rings (SSSR count). The van der Waals surface area contributed by atoms with E-state index in [0.717, 1.165) is 13.0 Å². The SMILES string of the molecule is CCCCCCCOCCC(NC1CC1)C(=O)OC. The Morgan fingerprint density at radius 1 is 1.21 bits per heavy atom. The quantitative estimate of drug-likeness (QED) is 0.438. The first kappa shape index (κ1) is 16.4. The van der Waals surface area contributed by atoms with Crippen LogP contribution >= 0.6 is 0 Å². The lowest BCUT2D eigenvalue weighted by molar-refractivity contribution is -0.143. The van der Waals surface area contributed by atoms with Crippen LogP contribution in [0.15, 0.2) is 0 Å². The molecule has 1 atom stereocenters. The molecule has 0 bridgehead atoms. The average molecular weight is 271 g/mol. The van der Waals surface area contributed by atoms with Gasteiger partial charge in [0.25, 0.3) is 0 Å². The molecule has 4 nitrogen and oxygen atoms in total. The fourth-order valence-corrected chi connectivity index (χ4v) is 2.06. The van der Waals surface area contributed by atoms with Crippen molar-refractivity contribution in [3.63, 3.8) is 0 Å². The summed E-state index contributed by atoms with van der Waals surface area (Å²) in [7, 11) is 1.44. The zero-order valence-corrected chi connectivity index (χ0v) is 12.5. The summed E-state index contributed by atoms with van der Waals surface area (Å²) < 4.78 is 10.4. The van der Waals surface area contributed by atoms with Crippen LogP contribution in [-0.4, -0.2) is 38.4 Å². The summed E-state index contributed by atoms with van der Waals surface area (Å²) in [6.45, 7) is 3.66. The van der Waals surface area contributed by atoms with E-state index < -0.39 is 0 Å². The molecule has 1 unspecified atom stereocenters. The summed E-state index contributed by atoms with van der Waals surface area (Å²) in [5.74, 6) is -0.168. The molecule has 1 saturated carbocycles. The predicted octanol–water partition coefficient (Wildman–Crippen LogP) is 2.66. The standard InChI is InChI=1S/C15H29NO3/c1-3-4-5-6-7-11-19-12-10-14(15(17)18-2)16-13-8-9-13/h13-14,16H,3-12H2,1-2H3. The van der Waals surface area contributed by atoms with E-state index in [4.69, 9.17) is 9.47 Å². The first-order chi connectivity index (χ1) is 9.27. The number of hydrogen-bond acceptors (Lipinski definition) is 4. The number of carbonyl (C=O) groups excluding carboxylic acids is 1. The summed E-state index contributed by atoms with van der Waals surface area (Å²) in [6.07, 6.45) is 9.31. The summed E-state index contributed by atoms with van der Waals surface area (Å²) in [6, 6.07) is 0.315. The minimum atomic E-state index is -0.197. The third-order valence-corrected chi connectivity index (χ3v) is 3.44. The monoisotopic (exact) mass is 271 g/mol. The molecule has 0 aromatic rings. The van der Waals surface area contributed by atoms with Gasteiger partial charge in [0.15, 0.2) is 0 Å². The fraction of sp³-hybridized carbons (Fsp3) is 0.933. The largest absolute Gasteiger partial charge is 0.468 e. The molecule has 0 aliphatic heterocycles. The molecule has 0 aromatic heterocycles. The van der Waals surface area contributed by atoms with Gasteiger partial charge in [0.1, 0.15) is 6.04 Å². The van der Waals surface area contributed by atoms with E-state index in [-0.39, 0.29) is 12.0 Å². The molecule has 1 N–H and O–H groups in total. The Morgan fingerprint density at radius 3 is 2.58 bits per heavy atom. The fourth-order valence-electron chi connectivity index (χ4n) is 2.06. The van der Waals surface area contributed by atoms with E-state index >= 15 is 0 Å². The molecule has 0 aromatic carbocycles. The zero-order valence-electron chi connectivity index (χ0n) is 12.5. The van der Waals surface area contributed by atoms with Crippen molar-refractivity contribution in [1.82, 2.24) is 5.32 Å². The molecule has 0 radical (unpaired) electrons. The Balaban J connectivity index is 1.99. The first-order valence-electron chi connectivity index (χ1n) is 7.69. The van der Waals surface area contributed by atoms with Crippen LogP contribution in [0.4, 0.5) is 0 Å². The smallest absolute Gasteiger partial charge is 0.322 e. The van der Waals surface area contributed by atoms with Crippen molar-refractivity contribution in [2.24, 2.45) is 0 Å². The normalized spacial score (nSPS) is 16.3. The molecule has 0 spiro atoms. The summed E-state index contributed by atoms with van der Waals surface area (Å²) in [5.41, 5.74) is 0. The Morgan fingerprint density at radius 2 is 1.95 bits per heavy atom. The van der Waals surface area contributed by atoms with Crippen LogP contribution in [0.3, 0.4) is 0 Å². The highest BCUT2D eigenvalue weighted by Crippen LogP contribution is 2.20. The first-order valence-corrected chi connectivity index (χ1v) is 7.69. The summed E-state index contributed by atoms with van der Waals surface area (Å²) in [4.78, 5) is 11.6. The number of esters is 1. The van der Waals surface area contributed by atoms with Gasteiger partial charge in [0.05, 0.1) is 7.11 Å². The summed E-state index contributed by atoms with van der Waals surface area (Å²) >= 11 is 0. The molecule has 0 heterocycles. The third-order valence-electron chi connectivity index (χ3n) is 3.44.